The maximum Gasteiger partial charge on any atom is 0.239 e. The number of furan rings is 1. The molecule has 0 saturated carbocycles. The molecule has 1 unspecified atom stereocenters. The lowest BCUT2D eigenvalue weighted by molar-refractivity contribution is -0.115. The zero-order valence-electron chi connectivity index (χ0n) is 15.9. The van der Waals surface area contributed by atoms with E-state index in [-0.39, 0.29) is 11.2 Å². The third kappa shape index (κ3) is 3.55. The lowest BCUT2D eigenvalue weighted by Crippen LogP contribution is -2.22. The largest absolute Gasteiger partial charge is 0.453 e. The molecule has 1 N–H and O–H groups in total. The highest BCUT2D eigenvalue weighted by Crippen LogP contribution is 2.30. The molecular weight excluding hydrogens is 394 g/mol. The molecule has 3 aromatic heterocycles. The number of rotatable bonds is 5. The summed E-state index contributed by atoms with van der Waals surface area (Å²) in [6.45, 7) is 5.75. The molecule has 0 radical (unpaired) electrons. The number of hydrogen-bond donors (Lipinski definition) is 1. The monoisotopic (exact) mass is 413 g/mol. The van der Waals surface area contributed by atoms with Gasteiger partial charge in [0.05, 0.1) is 10.9 Å². The van der Waals surface area contributed by atoms with Crippen LogP contribution in [-0.4, -0.2) is 30.9 Å². The van der Waals surface area contributed by atoms with E-state index < -0.39 is 0 Å². The minimum absolute atomic E-state index is 0.118. The first-order valence-corrected chi connectivity index (χ1v) is 10.4. The molecule has 0 spiro atoms. The van der Waals surface area contributed by atoms with E-state index in [0.29, 0.717) is 21.9 Å². The first-order chi connectivity index (χ1) is 13.4. The minimum Gasteiger partial charge on any atom is -0.453 e. The predicted molar refractivity (Wildman–Crippen MR) is 112 cm³/mol. The summed E-state index contributed by atoms with van der Waals surface area (Å²) in [5.74, 6) is 1.15. The van der Waals surface area contributed by atoms with Gasteiger partial charge in [0.25, 0.3) is 0 Å². The number of thioether (sulfide) groups is 1. The average molecular weight is 414 g/mol. The number of carbonyl (C=O) groups excluding carboxylic acids is 1. The van der Waals surface area contributed by atoms with Gasteiger partial charge in [-0.25, -0.2) is 4.98 Å². The molecular formula is C19H19N5O2S2. The van der Waals surface area contributed by atoms with Gasteiger partial charge in [0, 0.05) is 17.3 Å². The molecule has 0 aliphatic heterocycles. The van der Waals surface area contributed by atoms with Gasteiger partial charge in [-0.3, -0.25) is 4.79 Å². The van der Waals surface area contributed by atoms with Crippen LogP contribution in [0.25, 0.3) is 22.6 Å². The standard InChI is InChI=1S/C19H19N5O2S2/c1-10-11(2)27-18(20-10)21-17(25)12(3)28-19-23-22-16(24(19)4)15-9-13-7-5-6-8-14(13)26-15/h5-9,12H,1-4H3,(H,20,21,25). The number of thiazole rings is 1. The number of benzene rings is 1. The van der Waals surface area contributed by atoms with Crippen LogP contribution in [0.2, 0.25) is 0 Å². The molecule has 3 heterocycles. The fraction of sp³-hybridized carbons (Fsp3) is 0.263. The Balaban J connectivity index is 1.50. The SMILES string of the molecule is Cc1nc(NC(=O)C(C)Sc2nnc(-c3cc4ccccc4o3)n2C)sc1C. The molecule has 7 nitrogen and oxygen atoms in total. The fourth-order valence-corrected chi connectivity index (χ4v) is 4.30. The number of aromatic nitrogens is 4. The third-order valence-corrected chi connectivity index (χ3v) is 6.51. The molecule has 144 valence electrons. The van der Waals surface area contributed by atoms with Gasteiger partial charge in [-0.1, -0.05) is 30.0 Å². The molecule has 0 bridgehead atoms. The number of fused-ring (bicyclic) bond motifs is 1. The van der Waals surface area contributed by atoms with Crippen molar-refractivity contribution >= 4 is 45.1 Å². The van der Waals surface area contributed by atoms with Crippen LogP contribution in [0.15, 0.2) is 39.9 Å². The van der Waals surface area contributed by atoms with E-state index in [0.717, 1.165) is 21.5 Å². The Kier molecular flexibility index (Phi) is 4.94. The van der Waals surface area contributed by atoms with Crippen molar-refractivity contribution < 1.29 is 9.21 Å². The van der Waals surface area contributed by atoms with Gasteiger partial charge >= 0.3 is 0 Å². The maximum atomic E-state index is 12.5. The molecule has 0 aliphatic carbocycles. The number of nitrogens with zero attached hydrogens (tertiary/aromatic N) is 4. The second kappa shape index (κ2) is 7.40. The second-order valence-corrected chi connectivity index (χ2v) is 8.93. The van der Waals surface area contributed by atoms with Crippen LogP contribution in [0, 0.1) is 13.8 Å². The van der Waals surface area contributed by atoms with Gasteiger partial charge in [-0.15, -0.1) is 21.5 Å². The third-order valence-electron chi connectivity index (χ3n) is 4.39. The first kappa shape index (κ1) is 18.7. The van der Waals surface area contributed by atoms with Crippen LogP contribution in [0.3, 0.4) is 0 Å². The summed E-state index contributed by atoms with van der Waals surface area (Å²) >= 11 is 2.82. The van der Waals surface area contributed by atoms with E-state index in [1.807, 2.05) is 62.7 Å². The number of para-hydroxylation sites is 1. The smallest absolute Gasteiger partial charge is 0.239 e. The van der Waals surface area contributed by atoms with Crippen molar-refractivity contribution in [3.05, 3.63) is 40.9 Å². The lowest BCUT2D eigenvalue weighted by atomic mass is 10.2. The molecule has 1 aromatic carbocycles. The van der Waals surface area contributed by atoms with Crippen molar-refractivity contribution in [3.8, 4) is 11.6 Å². The van der Waals surface area contributed by atoms with Crippen molar-refractivity contribution in [1.29, 1.82) is 0 Å². The van der Waals surface area contributed by atoms with Gasteiger partial charge in [0.15, 0.2) is 21.9 Å². The normalized spacial score (nSPS) is 12.4. The Morgan fingerprint density at radius 2 is 2.07 bits per heavy atom. The number of carbonyl (C=O) groups is 1. The molecule has 0 fully saturated rings. The molecule has 0 saturated heterocycles. The van der Waals surface area contributed by atoms with Gasteiger partial charge in [-0.05, 0) is 32.9 Å². The van der Waals surface area contributed by atoms with Crippen molar-refractivity contribution in [1.82, 2.24) is 19.7 Å². The van der Waals surface area contributed by atoms with Gasteiger partial charge in [0.2, 0.25) is 5.91 Å². The van der Waals surface area contributed by atoms with Gasteiger partial charge < -0.3 is 14.3 Å². The molecule has 9 heteroatoms. The van der Waals surface area contributed by atoms with E-state index in [1.165, 1.54) is 23.1 Å². The van der Waals surface area contributed by atoms with Crippen molar-refractivity contribution in [3.63, 3.8) is 0 Å². The highest BCUT2D eigenvalue weighted by atomic mass is 32.2. The summed E-state index contributed by atoms with van der Waals surface area (Å²) in [5, 5.41) is 13.3. The van der Waals surface area contributed by atoms with Gasteiger partial charge in [0.1, 0.15) is 5.58 Å². The average Bonchev–Trinajstić information content (AvgIpc) is 3.33. The van der Waals surface area contributed by atoms with Crippen LogP contribution in [0.5, 0.6) is 0 Å². The quantitative estimate of drug-likeness (QED) is 0.488. The number of hydrogen-bond acceptors (Lipinski definition) is 7. The Morgan fingerprint density at radius 3 is 2.79 bits per heavy atom. The summed E-state index contributed by atoms with van der Waals surface area (Å²) in [5.41, 5.74) is 1.74. The number of nitrogens with one attached hydrogen (secondary N) is 1. The maximum absolute atomic E-state index is 12.5. The Morgan fingerprint density at radius 1 is 1.29 bits per heavy atom. The number of anilines is 1. The van der Waals surface area contributed by atoms with Crippen LogP contribution in [0.1, 0.15) is 17.5 Å². The first-order valence-electron chi connectivity index (χ1n) is 8.72. The molecule has 4 rings (SSSR count). The van der Waals surface area contributed by atoms with E-state index in [1.54, 1.807) is 0 Å². The Hall–Kier alpha value is -2.65. The van der Waals surface area contributed by atoms with Crippen molar-refractivity contribution in [2.45, 2.75) is 31.2 Å². The van der Waals surface area contributed by atoms with Crippen molar-refractivity contribution in [2.75, 3.05) is 5.32 Å². The second-order valence-electron chi connectivity index (χ2n) is 6.42. The van der Waals surface area contributed by atoms with E-state index in [4.69, 9.17) is 4.42 Å². The van der Waals surface area contributed by atoms with Crippen molar-refractivity contribution in [2.24, 2.45) is 7.05 Å². The summed E-state index contributed by atoms with van der Waals surface area (Å²) in [7, 11) is 1.86. The Labute approximate surface area is 170 Å². The number of aryl methyl sites for hydroxylation is 2. The lowest BCUT2D eigenvalue weighted by Gasteiger charge is -2.09. The fourth-order valence-electron chi connectivity index (χ4n) is 2.67. The van der Waals surface area contributed by atoms with E-state index in [2.05, 4.69) is 20.5 Å². The number of amides is 1. The summed E-state index contributed by atoms with van der Waals surface area (Å²) in [6.07, 6.45) is 0. The highest BCUT2D eigenvalue weighted by Gasteiger charge is 2.21. The van der Waals surface area contributed by atoms with Gasteiger partial charge in [-0.2, -0.15) is 0 Å². The van der Waals surface area contributed by atoms with E-state index >= 15 is 0 Å². The molecule has 4 aromatic rings. The van der Waals surface area contributed by atoms with Crippen LogP contribution < -0.4 is 5.32 Å². The van der Waals surface area contributed by atoms with Crippen LogP contribution in [-0.2, 0) is 11.8 Å². The van der Waals surface area contributed by atoms with E-state index in [9.17, 15) is 4.79 Å². The molecule has 1 amide bonds. The summed E-state index contributed by atoms with van der Waals surface area (Å²) in [4.78, 5) is 18.0. The summed E-state index contributed by atoms with van der Waals surface area (Å²) in [6, 6.07) is 9.74. The zero-order valence-corrected chi connectivity index (χ0v) is 17.5. The van der Waals surface area contributed by atoms with Crippen LogP contribution in [0.4, 0.5) is 5.13 Å². The highest BCUT2D eigenvalue weighted by molar-refractivity contribution is 8.00. The molecule has 1 atom stereocenters. The Bertz CT molecular complexity index is 1110. The van der Waals surface area contributed by atoms with Crippen LogP contribution >= 0.6 is 23.1 Å². The zero-order chi connectivity index (χ0) is 19.8. The summed E-state index contributed by atoms with van der Waals surface area (Å²) < 4.78 is 7.71. The predicted octanol–water partition coefficient (Wildman–Crippen LogP) is 4.42. The molecule has 0 aliphatic rings. The topological polar surface area (TPSA) is 85.8 Å². The minimum atomic E-state index is -0.351. The molecule has 28 heavy (non-hydrogen) atoms.